The van der Waals surface area contributed by atoms with Crippen LogP contribution >= 0.6 is 0 Å². The van der Waals surface area contributed by atoms with E-state index in [0.29, 0.717) is 5.92 Å². The number of nitrogens with two attached hydrogens (primary N) is 1. The molecule has 0 fully saturated rings. The monoisotopic (exact) mass is 260 g/mol. The Bertz CT molecular complexity index is 532. The lowest BCUT2D eigenvalue weighted by atomic mass is 9.94. The van der Waals surface area contributed by atoms with Crippen molar-refractivity contribution in [3.8, 4) is 0 Å². The van der Waals surface area contributed by atoms with Gasteiger partial charge in [-0.25, -0.2) is 4.98 Å². The predicted octanol–water partition coefficient (Wildman–Crippen LogP) is 2.38. The van der Waals surface area contributed by atoms with Gasteiger partial charge in [0.05, 0.1) is 11.0 Å². The Morgan fingerprint density at radius 2 is 2.11 bits per heavy atom. The van der Waals surface area contributed by atoms with Crippen LogP contribution in [0.3, 0.4) is 0 Å². The summed E-state index contributed by atoms with van der Waals surface area (Å²) in [5.74, 6) is 7.35. The van der Waals surface area contributed by atoms with Gasteiger partial charge < -0.3 is 4.57 Å². The van der Waals surface area contributed by atoms with Crippen molar-refractivity contribution < 1.29 is 0 Å². The molecule has 0 bridgehead atoms. The smallest absolute Gasteiger partial charge is 0.111 e. The highest BCUT2D eigenvalue weighted by atomic mass is 15.2. The zero-order valence-electron chi connectivity index (χ0n) is 12.1. The SMILES string of the molecule is CCCC(C)C(Cc1nc2ccccc2n1C)NN. The molecule has 0 aliphatic rings. The van der Waals surface area contributed by atoms with Crippen LogP contribution in [0.5, 0.6) is 0 Å². The molecule has 2 atom stereocenters. The number of nitrogens with one attached hydrogen (secondary N) is 1. The quantitative estimate of drug-likeness (QED) is 0.619. The van der Waals surface area contributed by atoms with Crippen LogP contribution in [0.15, 0.2) is 24.3 Å². The number of aryl methyl sites for hydroxylation is 1. The Labute approximate surface area is 115 Å². The van der Waals surface area contributed by atoms with Gasteiger partial charge in [-0.05, 0) is 24.5 Å². The summed E-state index contributed by atoms with van der Waals surface area (Å²) in [6.45, 7) is 4.45. The summed E-state index contributed by atoms with van der Waals surface area (Å²) in [6.07, 6.45) is 3.23. The van der Waals surface area contributed by atoms with E-state index in [1.54, 1.807) is 0 Å². The number of imidazole rings is 1. The lowest BCUT2D eigenvalue weighted by molar-refractivity contribution is 0.350. The van der Waals surface area contributed by atoms with Crippen LogP contribution < -0.4 is 11.3 Å². The summed E-state index contributed by atoms with van der Waals surface area (Å²) >= 11 is 0. The third-order valence-corrected chi connectivity index (χ3v) is 3.93. The number of hydrazine groups is 1. The fourth-order valence-electron chi connectivity index (χ4n) is 2.66. The van der Waals surface area contributed by atoms with E-state index >= 15 is 0 Å². The molecule has 1 aromatic carbocycles. The van der Waals surface area contributed by atoms with Crippen molar-refractivity contribution in [2.45, 2.75) is 39.2 Å². The number of aromatic nitrogens is 2. The molecule has 0 aliphatic heterocycles. The first-order valence-corrected chi connectivity index (χ1v) is 7.03. The molecule has 104 valence electrons. The Kier molecular flexibility index (Phi) is 4.56. The standard InChI is InChI=1S/C15H24N4/c1-4-7-11(2)13(18-16)10-15-17-12-8-5-6-9-14(12)19(15)3/h5-6,8-9,11,13,18H,4,7,10,16H2,1-3H3. The van der Waals surface area contributed by atoms with E-state index in [1.165, 1.54) is 18.4 Å². The van der Waals surface area contributed by atoms with Gasteiger partial charge in [0.25, 0.3) is 0 Å². The minimum absolute atomic E-state index is 0.274. The van der Waals surface area contributed by atoms with E-state index in [9.17, 15) is 0 Å². The third kappa shape index (κ3) is 2.96. The number of hydrogen-bond acceptors (Lipinski definition) is 3. The van der Waals surface area contributed by atoms with Crippen LogP contribution in [0.4, 0.5) is 0 Å². The topological polar surface area (TPSA) is 55.9 Å². The summed E-state index contributed by atoms with van der Waals surface area (Å²) in [4.78, 5) is 4.71. The first-order valence-electron chi connectivity index (χ1n) is 7.03. The molecule has 3 N–H and O–H groups in total. The molecule has 0 radical (unpaired) electrons. The van der Waals surface area contributed by atoms with Crippen molar-refractivity contribution in [3.05, 3.63) is 30.1 Å². The highest BCUT2D eigenvalue weighted by molar-refractivity contribution is 5.75. The normalized spacial score (nSPS) is 14.7. The maximum Gasteiger partial charge on any atom is 0.111 e. The first kappa shape index (κ1) is 14.0. The number of hydrogen-bond donors (Lipinski definition) is 2. The Balaban J connectivity index is 2.22. The molecule has 2 aromatic rings. The van der Waals surface area contributed by atoms with Crippen LogP contribution in [-0.2, 0) is 13.5 Å². The molecule has 0 aliphatic carbocycles. The molecule has 4 heteroatoms. The van der Waals surface area contributed by atoms with Crippen LogP contribution in [0.1, 0.15) is 32.5 Å². The van der Waals surface area contributed by atoms with Crippen molar-refractivity contribution >= 4 is 11.0 Å². The van der Waals surface area contributed by atoms with Crippen molar-refractivity contribution in [2.24, 2.45) is 18.8 Å². The Morgan fingerprint density at radius 3 is 2.74 bits per heavy atom. The molecule has 0 spiro atoms. The number of rotatable bonds is 6. The van der Waals surface area contributed by atoms with Gasteiger partial charge in [0.1, 0.15) is 5.82 Å². The highest BCUT2D eigenvalue weighted by Crippen LogP contribution is 2.18. The van der Waals surface area contributed by atoms with Crippen molar-refractivity contribution in [1.82, 2.24) is 15.0 Å². The molecular formula is C15H24N4. The van der Waals surface area contributed by atoms with Crippen molar-refractivity contribution in [3.63, 3.8) is 0 Å². The second kappa shape index (κ2) is 6.17. The van der Waals surface area contributed by atoms with Gasteiger partial charge in [0, 0.05) is 19.5 Å². The summed E-state index contributed by atoms with van der Waals surface area (Å²) < 4.78 is 2.17. The summed E-state index contributed by atoms with van der Waals surface area (Å²) in [5.41, 5.74) is 5.19. The average Bonchev–Trinajstić information content (AvgIpc) is 2.73. The van der Waals surface area contributed by atoms with E-state index in [2.05, 4.69) is 43.0 Å². The highest BCUT2D eigenvalue weighted by Gasteiger charge is 2.18. The van der Waals surface area contributed by atoms with Gasteiger partial charge in [-0.15, -0.1) is 0 Å². The molecule has 0 saturated carbocycles. The van der Waals surface area contributed by atoms with Gasteiger partial charge >= 0.3 is 0 Å². The fourth-order valence-corrected chi connectivity index (χ4v) is 2.66. The summed E-state index contributed by atoms with van der Waals surface area (Å²) in [7, 11) is 2.07. The van der Waals surface area contributed by atoms with Crippen LogP contribution in [-0.4, -0.2) is 15.6 Å². The van der Waals surface area contributed by atoms with E-state index in [1.807, 2.05) is 12.1 Å². The number of para-hydroxylation sites is 2. The van der Waals surface area contributed by atoms with Crippen LogP contribution in [0.25, 0.3) is 11.0 Å². The van der Waals surface area contributed by atoms with Gasteiger partial charge in [-0.2, -0.15) is 0 Å². The van der Waals surface area contributed by atoms with Crippen molar-refractivity contribution in [2.75, 3.05) is 0 Å². The Hall–Kier alpha value is -1.39. The number of nitrogens with zero attached hydrogens (tertiary/aromatic N) is 2. The van der Waals surface area contributed by atoms with Gasteiger partial charge in [-0.3, -0.25) is 11.3 Å². The molecule has 19 heavy (non-hydrogen) atoms. The molecule has 4 nitrogen and oxygen atoms in total. The molecule has 2 unspecified atom stereocenters. The third-order valence-electron chi connectivity index (χ3n) is 3.93. The zero-order chi connectivity index (χ0) is 13.8. The predicted molar refractivity (Wildman–Crippen MR) is 79.6 cm³/mol. The molecule has 1 aromatic heterocycles. The van der Waals surface area contributed by atoms with E-state index < -0.39 is 0 Å². The molecule has 0 saturated heterocycles. The first-order chi connectivity index (χ1) is 9.17. The zero-order valence-corrected chi connectivity index (χ0v) is 12.1. The van der Waals surface area contributed by atoms with Crippen LogP contribution in [0, 0.1) is 5.92 Å². The summed E-state index contributed by atoms with van der Waals surface area (Å²) in [6, 6.07) is 8.50. The molecule has 2 rings (SSSR count). The largest absolute Gasteiger partial charge is 0.331 e. The molecule has 1 heterocycles. The van der Waals surface area contributed by atoms with Crippen molar-refractivity contribution in [1.29, 1.82) is 0 Å². The maximum absolute atomic E-state index is 5.71. The molecule has 0 amide bonds. The Morgan fingerprint density at radius 1 is 1.37 bits per heavy atom. The number of fused-ring (bicyclic) bond motifs is 1. The molecular weight excluding hydrogens is 236 g/mol. The minimum Gasteiger partial charge on any atom is -0.331 e. The van der Waals surface area contributed by atoms with Gasteiger partial charge in [0.2, 0.25) is 0 Å². The van der Waals surface area contributed by atoms with Crippen LogP contribution in [0.2, 0.25) is 0 Å². The van der Waals surface area contributed by atoms with E-state index in [0.717, 1.165) is 17.8 Å². The minimum atomic E-state index is 0.274. The van der Waals surface area contributed by atoms with E-state index in [-0.39, 0.29) is 6.04 Å². The lowest BCUT2D eigenvalue weighted by Crippen LogP contribution is -2.42. The second-order valence-corrected chi connectivity index (χ2v) is 5.32. The maximum atomic E-state index is 5.71. The van der Waals surface area contributed by atoms with E-state index in [4.69, 9.17) is 10.8 Å². The number of benzene rings is 1. The average molecular weight is 260 g/mol. The second-order valence-electron chi connectivity index (χ2n) is 5.32. The lowest BCUT2D eigenvalue weighted by Gasteiger charge is -2.22. The summed E-state index contributed by atoms with van der Waals surface area (Å²) in [5, 5.41) is 0. The van der Waals surface area contributed by atoms with Gasteiger partial charge in [0.15, 0.2) is 0 Å². The fraction of sp³-hybridized carbons (Fsp3) is 0.533. The van der Waals surface area contributed by atoms with Gasteiger partial charge in [-0.1, -0.05) is 32.4 Å².